The molecule has 0 bridgehead atoms. The van der Waals surface area contributed by atoms with E-state index in [1.54, 1.807) is 32.0 Å². The molecule has 0 saturated carbocycles. The lowest BCUT2D eigenvalue weighted by atomic mass is 10.2. The maximum Gasteiger partial charge on any atom is 0.338 e. The highest BCUT2D eigenvalue weighted by molar-refractivity contribution is 7.19. The molecule has 0 atom stereocenters. The van der Waals surface area contributed by atoms with E-state index in [1.165, 1.54) is 44.6 Å². The van der Waals surface area contributed by atoms with Gasteiger partial charge in [0.05, 0.1) is 32.1 Å². The summed E-state index contributed by atoms with van der Waals surface area (Å²) in [6, 6.07) is 12.2. The van der Waals surface area contributed by atoms with Crippen LogP contribution in [0.3, 0.4) is 0 Å². The molecule has 2 heterocycles. The molecule has 0 aliphatic carbocycles. The maximum absolute atomic E-state index is 13.5. The van der Waals surface area contributed by atoms with Crippen molar-refractivity contribution in [2.24, 2.45) is 0 Å². The van der Waals surface area contributed by atoms with Gasteiger partial charge in [-0.15, -0.1) is 0 Å². The predicted octanol–water partition coefficient (Wildman–Crippen LogP) is 3.76. The van der Waals surface area contributed by atoms with Crippen LogP contribution in [0, 0.1) is 6.92 Å². The van der Waals surface area contributed by atoms with Crippen molar-refractivity contribution in [2.75, 3.05) is 31.5 Å². The first-order chi connectivity index (χ1) is 18.2. The zero-order valence-corrected chi connectivity index (χ0v) is 21.8. The standard InChI is InChI=1S/C26H24N4O7S/c1-5-37-25(34)15-6-8-16(9-7-15)28-24(33)22-21(30-20(31)12-14(2)27-26(30)38-22)23(32)29-18-13-17(35-3)10-11-19(18)36-4/h6-13H,5H2,1-4H3,(H,28,33)(H,29,32). The number of hydrogen-bond donors (Lipinski definition) is 2. The van der Waals surface area contributed by atoms with Crippen LogP contribution in [0.1, 0.15) is 43.1 Å². The average Bonchev–Trinajstić information content (AvgIpc) is 3.29. The molecule has 4 rings (SSSR count). The Labute approximate surface area is 221 Å². The number of aromatic nitrogens is 2. The maximum atomic E-state index is 13.5. The summed E-state index contributed by atoms with van der Waals surface area (Å²) in [4.78, 5) is 56.1. The van der Waals surface area contributed by atoms with Crippen molar-refractivity contribution in [2.45, 2.75) is 13.8 Å². The smallest absolute Gasteiger partial charge is 0.338 e. The lowest BCUT2D eigenvalue weighted by Gasteiger charge is -2.12. The van der Waals surface area contributed by atoms with Gasteiger partial charge < -0.3 is 24.8 Å². The summed E-state index contributed by atoms with van der Waals surface area (Å²) >= 11 is 0.900. The molecule has 196 valence electrons. The second-order valence-corrected chi connectivity index (χ2v) is 8.88. The monoisotopic (exact) mass is 536 g/mol. The molecule has 11 nitrogen and oxygen atoms in total. The van der Waals surface area contributed by atoms with Gasteiger partial charge in [-0.05, 0) is 50.2 Å². The van der Waals surface area contributed by atoms with Crippen molar-refractivity contribution in [1.29, 1.82) is 0 Å². The van der Waals surface area contributed by atoms with Gasteiger partial charge in [0.1, 0.15) is 22.1 Å². The van der Waals surface area contributed by atoms with E-state index in [4.69, 9.17) is 14.2 Å². The highest BCUT2D eigenvalue weighted by Gasteiger charge is 2.27. The largest absolute Gasteiger partial charge is 0.497 e. The number of benzene rings is 2. The van der Waals surface area contributed by atoms with E-state index >= 15 is 0 Å². The number of thiazole rings is 1. The second-order valence-electron chi connectivity index (χ2n) is 7.91. The molecule has 2 N–H and O–H groups in total. The minimum absolute atomic E-state index is 0.0333. The van der Waals surface area contributed by atoms with Gasteiger partial charge in [-0.2, -0.15) is 0 Å². The summed E-state index contributed by atoms with van der Waals surface area (Å²) in [6.07, 6.45) is 0. The quantitative estimate of drug-likeness (QED) is 0.325. The van der Waals surface area contributed by atoms with Gasteiger partial charge in [0.25, 0.3) is 17.4 Å². The highest BCUT2D eigenvalue weighted by Crippen LogP contribution is 2.30. The van der Waals surface area contributed by atoms with Gasteiger partial charge in [0.2, 0.25) is 0 Å². The van der Waals surface area contributed by atoms with Crippen molar-refractivity contribution >= 4 is 45.5 Å². The number of rotatable bonds is 8. The number of anilines is 2. The Balaban J connectivity index is 1.73. The first-order valence-corrected chi connectivity index (χ1v) is 12.2. The molecule has 0 saturated heterocycles. The van der Waals surface area contributed by atoms with Crippen LogP contribution in [0.2, 0.25) is 0 Å². The molecule has 2 aromatic carbocycles. The van der Waals surface area contributed by atoms with Crippen molar-refractivity contribution in [3.05, 3.63) is 80.7 Å². The SMILES string of the molecule is CCOC(=O)c1ccc(NC(=O)c2sc3nc(C)cc(=O)n3c2C(=O)Nc2cc(OC)ccc2OC)cc1. The first kappa shape index (κ1) is 26.4. The summed E-state index contributed by atoms with van der Waals surface area (Å²) in [7, 11) is 2.93. The molecule has 4 aromatic rings. The van der Waals surface area contributed by atoms with E-state index in [9.17, 15) is 19.2 Å². The topological polar surface area (TPSA) is 137 Å². The van der Waals surface area contributed by atoms with Crippen molar-refractivity contribution < 1.29 is 28.6 Å². The summed E-state index contributed by atoms with van der Waals surface area (Å²) < 4.78 is 16.6. The number of carbonyl (C=O) groups excluding carboxylic acids is 3. The first-order valence-electron chi connectivity index (χ1n) is 11.4. The van der Waals surface area contributed by atoms with Crippen LogP contribution in [0.5, 0.6) is 11.5 Å². The fraction of sp³-hybridized carbons (Fsp3) is 0.192. The molecule has 0 radical (unpaired) electrons. The van der Waals surface area contributed by atoms with Crippen LogP contribution >= 0.6 is 11.3 Å². The average molecular weight is 537 g/mol. The zero-order valence-electron chi connectivity index (χ0n) is 21.0. The Morgan fingerprint density at radius 1 is 0.974 bits per heavy atom. The van der Waals surface area contributed by atoms with Crippen molar-refractivity contribution in [3.8, 4) is 11.5 Å². The number of amides is 2. The molecule has 0 aliphatic rings. The van der Waals surface area contributed by atoms with Crippen LogP contribution in [0.4, 0.5) is 11.4 Å². The van der Waals surface area contributed by atoms with Gasteiger partial charge >= 0.3 is 5.97 Å². The Morgan fingerprint density at radius 2 is 1.71 bits per heavy atom. The molecular formula is C26H24N4O7S. The van der Waals surface area contributed by atoms with Gasteiger partial charge in [-0.1, -0.05) is 11.3 Å². The van der Waals surface area contributed by atoms with Crippen LogP contribution in [-0.2, 0) is 4.74 Å². The molecule has 0 unspecified atom stereocenters. The van der Waals surface area contributed by atoms with Crippen molar-refractivity contribution in [1.82, 2.24) is 9.38 Å². The number of methoxy groups -OCH3 is 2. The second kappa shape index (κ2) is 11.1. The summed E-state index contributed by atoms with van der Waals surface area (Å²) in [5, 5.41) is 5.41. The molecule has 0 spiro atoms. The lowest BCUT2D eigenvalue weighted by Crippen LogP contribution is -2.25. The number of ether oxygens (including phenoxy) is 3. The minimum atomic E-state index is -0.724. The van der Waals surface area contributed by atoms with Gasteiger partial charge in [0, 0.05) is 23.5 Å². The molecule has 0 fully saturated rings. The Hall–Kier alpha value is -4.71. The fourth-order valence-electron chi connectivity index (χ4n) is 3.63. The molecule has 12 heteroatoms. The summed E-state index contributed by atoms with van der Waals surface area (Å²) in [5.41, 5.74) is 0.727. The number of carbonyl (C=O) groups is 3. The zero-order chi connectivity index (χ0) is 27.4. The summed E-state index contributed by atoms with van der Waals surface area (Å²) in [5.74, 6) is -1.02. The molecular weight excluding hydrogens is 512 g/mol. The van der Waals surface area contributed by atoms with Crippen LogP contribution in [-0.4, -0.2) is 48.0 Å². The third-order valence-corrected chi connectivity index (χ3v) is 6.42. The molecule has 2 amide bonds. The number of fused-ring (bicyclic) bond motifs is 1. The third kappa shape index (κ3) is 5.34. The minimum Gasteiger partial charge on any atom is -0.497 e. The Bertz CT molecular complexity index is 1590. The van der Waals surface area contributed by atoms with Crippen LogP contribution in [0.25, 0.3) is 4.96 Å². The van der Waals surface area contributed by atoms with Crippen molar-refractivity contribution in [3.63, 3.8) is 0 Å². The summed E-state index contributed by atoms with van der Waals surface area (Å²) in [6.45, 7) is 3.59. The Kier molecular flexibility index (Phi) is 7.72. The highest BCUT2D eigenvalue weighted by atomic mass is 32.1. The molecule has 0 aliphatic heterocycles. The van der Waals surface area contributed by atoms with E-state index in [0.29, 0.717) is 28.4 Å². The van der Waals surface area contributed by atoms with E-state index in [1.807, 2.05) is 0 Å². The van der Waals surface area contributed by atoms with Gasteiger partial charge in [0.15, 0.2) is 4.96 Å². The molecule has 2 aromatic heterocycles. The van der Waals surface area contributed by atoms with E-state index in [-0.39, 0.29) is 27.8 Å². The van der Waals surface area contributed by atoms with Gasteiger partial charge in [-0.25, -0.2) is 14.2 Å². The molecule has 38 heavy (non-hydrogen) atoms. The normalized spacial score (nSPS) is 10.6. The van der Waals surface area contributed by atoms with E-state index < -0.39 is 23.3 Å². The lowest BCUT2D eigenvalue weighted by molar-refractivity contribution is 0.0526. The number of hydrogen-bond acceptors (Lipinski definition) is 9. The predicted molar refractivity (Wildman–Crippen MR) is 142 cm³/mol. The number of nitrogens with one attached hydrogen (secondary N) is 2. The van der Waals surface area contributed by atoms with Crippen LogP contribution in [0.15, 0.2) is 53.3 Å². The van der Waals surface area contributed by atoms with E-state index in [2.05, 4.69) is 15.6 Å². The van der Waals surface area contributed by atoms with E-state index in [0.717, 1.165) is 15.7 Å². The number of aryl methyl sites for hydroxylation is 1. The van der Waals surface area contributed by atoms with Crippen LogP contribution < -0.4 is 25.7 Å². The third-order valence-electron chi connectivity index (χ3n) is 5.38. The Morgan fingerprint density at radius 3 is 2.37 bits per heavy atom. The number of esters is 1. The fourth-order valence-corrected chi connectivity index (χ4v) is 4.70. The number of nitrogens with zero attached hydrogens (tertiary/aromatic N) is 2. The van der Waals surface area contributed by atoms with Gasteiger partial charge in [-0.3, -0.25) is 14.4 Å².